The average molecular weight is 826 g/mol. The molecular formula is C48H59Cl2SiZr. The van der Waals surface area contributed by atoms with Crippen molar-refractivity contribution in [3.05, 3.63) is 129 Å². The van der Waals surface area contributed by atoms with Crippen LogP contribution in [0.3, 0.4) is 0 Å². The van der Waals surface area contributed by atoms with E-state index in [1.807, 2.05) is 0 Å². The first kappa shape index (κ1) is 38.3. The Bertz CT molecular complexity index is 1980. The molecule has 0 heterocycles. The summed E-state index contributed by atoms with van der Waals surface area (Å²) in [6.45, 7) is 16.6. The maximum absolute atomic E-state index is 8.82. The van der Waals surface area contributed by atoms with Crippen molar-refractivity contribution in [1.29, 1.82) is 0 Å². The quantitative estimate of drug-likeness (QED) is 0.132. The third-order valence-electron chi connectivity index (χ3n) is 13.3. The van der Waals surface area contributed by atoms with Crippen LogP contribution in [0.5, 0.6) is 0 Å². The van der Waals surface area contributed by atoms with Gasteiger partial charge in [-0.2, -0.15) is 0 Å². The van der Waals surface area contributed by atoms with Crippen LogP contribution in [-0.2, 0) is 15.6 Å². The van der Waals surface area contributed by atoms with Crippen molar-refractivity contribution in [2.45, 2.75) is 118 Å². The molecule has 3 aliphatic rings. The topological polar surface area (TPSA) is 0 Å². The van der Waals surface area contributed by atoms with E-state index in [9.17, 15) is 0 Å². The molecule has 0 bridgehead atoms. The summed E-state index contributed by atoms with van der Waals surface area (Å²) in [6.07, 6.45) is 15.1. The van der Waals surface area contributed by atoms with Crippen molar-refractivity contribution in [2.24, 2.45) is 5.92 Å². The Morgan fingerprint density at radius 2 is 1.25 bits per heavy atom. The molecule has 4 aromatic carbocycles. The molecule has 4 aromatic rings. The van der Waals surface area contributed by atoms with Crippen molar-refractivity contribution in [2.75, 3.05) is 0 Å². The second-order valence-corrected chi connectivity index (χ2v) is 59.5. The molecule has 0 aliphatic heterocycles. The fourth-order valence-electron chi connectivity index (χ4n) is 10.2. The Labute approximate surface area is 323 Å². The van der Waals surface area contributed by atoms with E-state index in [1.165, 1.54) is 98.9 Å². The standard InChI is InChI=1S/C23H25.C23H27.C2H7Si.2ClH.Zr/c1-2-17-15-21-9-6-10-22(23(21)16-17)20-13-11-19(12-14-20)18-7-4-3-5-8-18;1-5-7-17(4)21-14-20-8-6-9-22(23(20)15-21)19-12-10-18(11-13-19)16(2)3;1-3-2;;;/h6,9-16,18H,2-5,7-8H2,1H3;6,8-17H,5,7H2,1-4H3;3H,1-2H3;2*1H;/q;;;;;+2/p-2. The summed E-state index contributed by atoms with van der Waals surface area (Å²) < 4.78 is 0.215. The van der Waals surface area contributed by atoms with E-state index in [2.05, 4.69) is 145 Å². The van der Waals surface area contributed by atoms with E-state index >= 15 is 0 Å². The summed E-state index contributed by atoms with van der Waals surface area (Å²) in [5.41, 5.74) is 16.5. The van der Waals surface area contributed by atoms with Gasteiger partial charge in [0.2, 0.25) is 0 Å². The van der Waals surface area contributed by atoms with Gasteiger partial charge in [-0.1, -0.05) is 0 Å². The van der Waals surface area contributed by atoms with Crippen LogP contribution in [0.4, 0.5) is 0 Å². The van der Waals surface area contributed by atoms with Gasteiger partial charge in [-0.05, 0) is 0 Å². The molecule has 1 fully saturated rings. The Morgan fingerprint density at radius 1 is 0.692 bits per heavy atom. The summed E-state index contributed by atoms with van der Waals surface area (Å²) in [5, 5.41) is 0. The van der Waals surface area contributed by atoms with Crippen LogP contribution >= 0.6 is 17.0 Å². The second kappa shape index (κ2) is 15.3. The first-order chi connectivity index (χ1) is 25.0. The second-order valence-electron chi connectivity index (χ2n) is 17.0. The first-order valence-electron chi connectivity index (χ1n) is 20.4. The van der Waals surface area contributed by atoms with Crippen molar-refractivity contribution in [1.82, 2.24) is 0 Å². The van der Waals surface area contributed by atoms with E-state index in [-0.39, 0.29) is 7.25 Å². The van der Waals surface area contributed by atoms with Gasteiger partial charge in [-0.25, -0.2) is 0 Å². The molecule has 273 valence electrons. The molecule has 52 heavy (non-hydrogen) atoms. The zero-order chi connectivity index (χ0) is 36.8. The number of allylic oxidation sites excluding steroid dienone is 2. The van der Waals surface area contributed by atoms with Gasteiger partial charge in [0.25, 0.3) is 0 Å². The fourth-order valence-corrected chi connectivity index (χ4v) is 41.8. The molecule has 0 spiro atoms. The van der Waals surface area contributed by atoms with Crippen molar-refractivity contribution in [3.63, 3.8) is 0 Å². The molecule has 3 aliphatic carbocycles. The van der Waals surface area contributed by atoms with E-state index in [4.69, 9.17) is 17.0 Å². The number of hydrogen-bond donors (Lipinski definition) is 0. The Hall–Kier alpha value is -1.96. The minimum atomic E-state index is -4.89. The predicted molar refractivity (Wildman–Crippen MR) is 230 cm³/mol. The Balaban J connectivity index is 1.37. The van der Waals surface area contributed by atoms with Crippen LogP contribution in [0.2, 0.25) is 13.1 Å². The van der Waals surface area contributed by atoms with Gasteiger partial charge in [0.05, 0.1) is 0 Å². The Kier molecular flexibility index (Phi) is 11.3. The maximum atomic E-state index is 8.82. The SMILES string of the molecule is CCCC(C)C1=Cc2c(-c3ccc(C(C)C)cc3)cccc2[CH]1[Zr]([Cl])([Cl])([CH]1C(CC)=Cc2c(-c3ccc(C4CCCCC4)cc3)cccc21)[SiH](C)C. The molecule has 0 saturated heterocycles. The van der Waals surface area contributed by atoms with Gasteiger partial charge in [-0.3, -0.25) is 0 Å². The first-order valence-corrected chi connectivity index (χ1v) is 36.7. The number of hydrogen-bond acceptors (Lipinski definition) is 0. The molecule has 0 aromatic heterocycles. The van der Waals surface area contributed by atoms with Gasteiger partial charge in [0.15, 0.2) is 0 Å². The normalized spacial score (nSPS) is 20.3. The molecule has 0 radical (unpaired) electrons. The number of halogens is 2. The van der Waals surface area contributed by atoms with E-state index in [1.54, 1.807) is 0 Å². The molecule has 0 N–H and O–H groups in total. The summed E-state index contributed by atoms with van der Waals surface area (Å²) in [6, 6.07) is 32.8. The molecular weight excluding hydrogens is 767 g/mol. The van der Waals surface area contributed by atoms with Crippen LogP contribution in [0.1, 0.15) is 138 Å². The number of fused-ring (bicyclic) bond motifs is 2. The van der Waals surface area contributed by atoms with Crippen LogP contribution in [0.15, 0.2) is 96.1 Å². The van der Waals surface area contributed by atoms with Crippen LogP contribution < -0.4 is 0 Å². The fraction of sp³-hybridized carbons (Fsp3) is 0.417. The van der Waals surface area contributed by atoms with E-state index in [0.29, 0.717) is 17.8 Å². The van der Waals surface area contributed by atoms with Crippen LogP contribution in [0, 0.1) is 5.92 Å². The van der Waals surface area contributed by atoms with Gasteiger partial charge in [0, 0.05) is 0 Å². The zero-order valence-corrected chi connectivity index (χ0v) is 37.7. The molecule has 1 saturated carbocycles. The summed E-state index contributed by atoms with van der Waals surface area (Å²) in [5.74, 6) is -0.0132. The summed E-state index contributed by atoms with van der Waals surface area (Å²) in [4.78, 5) is 0. The van der Waals surface area contributed by atoms with Gasteiger partial charge >= 0.3 is 326 Å². The number of benzene rings is 4. The molecule has 0 amide bonds. The minimum absolute atomic E-state index is 0.104. The summed E-state index contributed by atoms with van der Waals surface area (Å²) in [7, 11) is 17.6. The predicted octanol–water partition coefficient (Wildman–Crippen LogP) is 15.6. The molecule has 4 heteroatoms. The van der Waals surface area contributed by atoms with E-state index in [0.717, 1.165) is 19.3 Å². The third kappa shape index (κ3) is 6.59. The third-order valence-corrected chi connectivity index (χ3v) is 65.1. The van der Waals surface area contributed by atoms with E-state index < -0.39 is 21.5 Å². The zero-order valence-electron chi connectivity index (χ0n) is 32.6. The van der Waals surface area contributed by atoms with Gasteiger partial charge in [0.1, 0.15) is 0 Å². The molecule has 7 rings (SSSR count). The Morgan fingerprint density at radius 3 is 1.79 bits per heavy atom. The average Bonchev–Trinajstić information content (AvgIpc) is 3.76. The van der Waals surface area contributed by atoms with Crippen molar-refractivity contribution >= 4 is 35.1 Å². The van der Waals surface area contributed by atoms with Crippen molar-refractivity contribution in [3.8, 4) is 22.3 Å². The molecule has 3 unspecified atom stereocenters. The molecule has 3 atom stereocenters. The molecule has 0 nitrogen and oxygen atoms in total. The van der Waals surface area contributed by atoms with Crippen LogP contribution in [-0.4, -0.2) is 5.92 Å². The number of rotatable bonds is 11. The monoisotopic (exact) mass is 823 g/mol. The van der Waals surface area contributed by atoms with Crippen LogP contribution in [0.25, 0.3) is 34.4 Å². The van der Waals surface area contributed by atoms with Gasteiger partial charge in [-0.15, -0.1) is 0 Å². The van der Waals surface area contributed by atoms with Crippen molar-refractivity contribution < 1.29 is 15.6 Å². The van der Waals surface area contributed by atoms with Gasteiger partial charge < -0.3 is 0 Å². The summed E-state index contributed by atoms with van der Waals surface area (Å²) >= 11 is -4.89.